The highest BCUT2D eigenvalue weighted by Gasteiger charge is 2.18. The second kappa shape index (κ2) is 7.70. The number of hydrogen-bond donors (Lipinski definition) is 3. The molecule has 6 nitrogen and oxygen atoms in total. The Morgan fingerprint density at radius 3 is 2.75 bits per heavy atom. The summed E-state index contributed by atoms with van der Waals surface area (Å²) >= 11 is 0. The lowest BCUT2D eigenvalue weighted by Gasteiger charge is -2.11. The van der Waals surface area contributed by atoms with Crippen LogP contribution in [0.15, 0.2) is 54.6 Å². The van der Waals surface area contributed by atoms with E-state index < -0.39 is 0 Å². The molecular weight excluding hydrogens is 354 g/mol. The molecule has 0 saturated carbocycles. The van der Waals surface area contributed by atoms with Crippen molar-refractivity contribution in [2.45, 2.75) is 6.42 Å². The smallest absolute Gasteiger partial charge is 0.269 e. The molecule has 4 aromatic rings. The molecule has 1 amide bonds. The Morgan fingerprint density at radius 2 is 1.93 bits per heavy atom. The number of pyridine rings is 1. The van der Waals surface area contributed by atoms with Gasteiger partial charge in [-0.05, 0) is 30.7 Å². The van der Waals surface area contributed by atoms with Crippen LogP contribution in [0.2, 0.25) is 0 Å². The van der Waals surface area contributed by atoms with Crippen molar-refractivity contribution >= 4 is 27.7 Å². The number of aliphatic hydroxyl groups excluding tert-OH is 1. The normalized spacial score (nSPS) is 11.1. The van der Waals surface area contributed by atoms with Gasteiger partial charge >= 0.3 is 0 Å². The van der Waals surface area contributed by atoms with Gasteiger partial charge in [0.2, 0.25) is 0 Å². The molecule has 0 radical (unpaired) electrons. The molecule has 4 rings (SSSR count). The number of para-hydroxylation sites is 2. The summed E-state index contributed by atoms with van der Waals surface area (Å²) in [6.45, 7) is 0.425. The van der Waals surface area contributed by atoms with Crippen molar-refractivity contribution in [2.24, 2.45) is 0 Å². The van der Waals surface area contributed by atoms with Gasteiger partial charge in [-0.1, -0.05) is 30.3 Å². The van der Waals surface area contributed by atoms with Gasteiger partial charge in [0.05, 0.1) is 18.3 Å². The summed E-state index contributed by atoms with van der Waals surface area (Å²) in [5, 5.41) is 13.7. The lowest BCUT2D eigenvalue weighted by Crippen LogP contribution is -2.26. The highest BCUT2D eigenvalue weighted by molar-refractivity contribution is 6.13. The van der Waals surface area contributed by atoms with E-state index in [1.807, 2.05) is 48.5 Å². The van der Waals surface area contributed by atoms with Gasteiger partial charge in [0.25, 0.3) is 5.91 Å². The minimum absolute atomic E-state index is 0.0294. The number of aromatic nitrogens is 2. The van der Waals surface area contributed by atoms with Crippen molar-refractivity contribution in [2.75, 3.05) is 20.3 Å². The van der Waals surface area contributed by atoms with Crippen LogP contribution in [0.5, 0.6) is 5.75 Å². The van der Waals surface area contributed by atoms with Gasteiger partial charge in [0.15, 0.2) is 0 Å². The lowest BCUT2D eigenvalue weighted by molar-refractivity contribution is 0.0946. The maximum Gasteiger partial charge on any atom is 0.269 e. The van der Waals surface area contributed by atoms with E-state index >= 15 is 0 Å². The Hall–Kier alpha value is -3.38. The topological polar surface area (TPSA) is 87.2 Å². The van der Waals surface area contributed by atoms with Crippen molar-refractivity contribution in [3.8, 4) is 17.0 Å². The van der Waals surface area contributed by atoms with Gasteiger partial charge in [-0.15, -0.1) is 0 Å². The van der Waals surface area contributed by atoms with E-state index in [1.165, 1.54) is 0 Å². The Kier molecular flexibility index (Phi) is 4.95. The van der Waals surface area contributed by atoms with Crippen molar-refractivity contribution in [1.82, 2.24) is 15.3 Å². The van der Waals surface area contributed by atoms with Crippen LogP contribution in [0.4, 0.5) is 0 Å². The van der Waals surface area contributed by atoms with Gasteiger partial charge in [0.1, 0.15) is 11.4 Å². The number of rotatable bonds is 6. The van der Waals surface area contributed by atoms with E-state index in [1.54, 1.807) is 13.2 Å². The maximum absolute atomic E-state index is 12.7. The molecule has 0 aliphatic rings. The zero-order chi connectivity index (χ0) is 19.5. The molecule has 6 heteroatoms. The number of hydrogen-bond acceptors (Lipinski definition) is 4. The number of ether oxygens (including phenoxy) is 1. The van der Waals surface area contributed by atoms with E-state index in [0.717, 1.165) is 27.4 Å². The van der Waals surface area contributed by atoms with Crippen LogP contribution in [0, 0.1) is 0 Å². The summed E-state index contributed by atoms with van der Waals surface area (Å²) in [6.07, 6.45) is 0.500. The minimum Gasteiger partial charge on any atom is -0.496 e. The van der Waals surface area contributed by atoms with Gasteiger partial charge in [-0.2, -0.15) is 0 Å². The largest absolute Gasteiger partial charge is 0.496 e. The van der Waals surface area contributed by atoms with Crippen LogP contribution in [0.3, 0.4) is 0 Å². The van der Waals surface area contributed by atoms with Crippen molar-refractivity contribution < 1.29 is 14.6 Å². The van der Waals surface area contributed by atoms with Gasteiger partial charge in [-0.3, -0.25) is 4.79 Å². The third-order valence-corrected chi connectivity index (χ3v) is 4.71. The zero-order valence-corrected chi connectivity index (χ0v) is 15.5. The quantitative estimate of drug-likeness (QED) is 0.450. The number of aromatic amines is 1. The molecule has 0 aliphatic heterocycles. The van der Waals surface area contributed by atoms with Gasteiger partial charge in [-0.25, -0.2) is 4.98 Å². The van der Waals surface area contributed by atoms with E-state index in [-0.39, 0.29) is 12.5 Å². The summed E-state index contributed by atoms with van der Waals surface area (Å²) in [7, 11) is 1.62. The molecule has 28 heavy (non-hydrogen) atoms. The summed E-state index contributed by atoms with van der Waals surface area (Å²) in [4.78, 5) is 20.8. The van der Waals surface area contributed by atoms with Gasteiger partial charge < -0.3 is 20.1 Å². The summed E-state index contributed by atoms with van der Waals surface area (Å²) in [6, 6.07) is 17.4. The molecule has 0 fully saturated rings. The number of aliphatic hydroxyl groups is 1. The van der Waals surface area contributed by atoms with Crippen LogP contribution in [-0.4, -0.2) is 41.2 Å². The van der Waals surface area contributed by atoms with Crippen molar-refractivity contribution in [3.05, 3.63) is 60.3 Å². The SMILES string of the molecule is COc1ccccc1-c1nc(C(=O)NCCCO)cc2c1[nH]c1ccccc12. The zero-order valence-electron chi connectivity index (χ0n) is 15.5. The third kappa shape index (κ3) is 3.18. The molecule has 2 aromatic heterocycles. The molecule has 0 unspecified atom stereocenters. The molecule has 142 valence electrons. The molecule has 2 heterocycles. The molecule has 0 spiro atoms. The fraction of sp³-hybridized carbons (Fsp3) is 0.182. The standard InChI is InChI=1S/C22H21N3O3/c1-28-19-10-5-3-8-15(19)20-21-16(14-7-2-4-9-17(14)24-21)13-18(25-20)22(27)23-11-6-12-26/h2-5,7-10,13,24,26H,6,11-12H2,1H3,(H,23,27). The summed E-state index contributed by atoms with van der Waals surface area (Å²) < 4.78 is 5.52. The molecule has 2 aromatic carbocycles. The lowest BCUT2D eigenvalue weighted by atomic mass is 10.1. The highest BCUT2D eigenvalue weighted by Crippen LogP contribution is 2.36. The predicted molar refractivity (Wildman–Crippen MR) is 110 cm³/mol. The number of nitrogens with one attached hydrogen (secondary N) is 2. The molecule has 3 N–H and O–H groups in total. The molecule has 0 atom stereocenters. The van der Waals surface area contributed by atoms with Crippen LogP contribution < -0.4 is 10.1 Å². The second-order valence-corrected chi connectivity index (χ2v) is 6.48. The third-order valence-electron chi connectivity index (χ3n) is 4.71. The number of methoxy groups -OCH3 is 1. The predicted octanol–water partition coefficient (Wildman–Crippen LogP) is 3.50. The Balaban J connectivity index is 1.95. The number of fused-ring (bicyclic) bond motifs is 3. The number of amides is 1. The van der Waals surface area contributed by atoms with Crippen LogP contribution in [0.25, 0.3) is 33.1 Å². The molecule has 0 bridgehead atoms. The molecule has 0 saturated heterocycles. The minimum atomic E-state index is -0.267. The Morgan fingerprint density at radius 1 is 1.14 bits per heavy atom. The second-order valence-electron chi connectivity index (χ2n) is 6.48. The fourth-order valence-electron chi connectivity index (χ4n) is 3.37. The Labute approximate surface area is 162 Å². The molecular formula is C22H21N3O3. The first-order valence-corrected chi connectivity index (χ1v) is 9.17. The van der Waals surface area contributed by atoms with Crippen molar-refractivity contribution in [3.63, 3.8) is 0 Å². The van der Waals surface area contributed by atoms with E-state index in [0.29, 0.717) is 30.1 Å². The first-order valence-electron chi connectivity index (χ1n) is 9.17. The summed E-state index contributed by atoms with van der Waals surface area (Å²) in [5.74, 6) is 0.421. The van der Waals surface area contributed by atoms with Crippen LogP contribution in [0.1, 0.15) is 16.9 Å². The number of nitrogens with zero attached hydrogens (tertiary/aromatic N) is 1. The van der Waals surface area contributed by atoms with E-state index in [9.17, 15) is 4.79 Å². The maximum atomic E-state index is 12.7. The summed E-state index contributed by atoms with van der Waals surface area (Å²) in [5.41, 5.74) is 3.65. The number of carbonyl (C=O) groups is 1. The molecule has 0 aliphatic carbocycles. The van der Waals surface area contributed by atoms with E-state index in [2.05, 4.69) is 15.3 Å². The first kappa shape index (κ1) is 18.0. The highest BCUT2D eigenvalue weighted by atomic mass is 16.5. The number of benzene rings is 2. The average molecular weight is 375 g/mol. The number of carbonyl (C=O) groups excluding carboxylic acids is 1. The average Bonchev–Trinajstić information content (AvgIpc) is 3.12. The number of H-pyrrole nitrogens is 1. The van der Waals surface area contributed by atoms with E-state index in [4.69, 9.17) is 9.84 Å². The van der Waals surface area contributed by atoms with Crippen LogP contribution >= 0.6 is 0 Å². The van der Waals surface area contributed by atoms with Crippen LogP contribution in [-0.2, 0) is 0 Å². The first-order chi connectivity index (χ1) is 13.7. The van der Waals surface area contributed by atoms with Crippen molar-refractivity contribution in [1.29, 1.82) is 0 Å². The fourth-order valence-corrected chi connectivity index (χ4v) is 3.37. The Bertz CT molecular complexity index is 1150. The monoisotopic (exact) mass is 375 g/mol. The van der Waals surface area contributed by atoms with Gasteiger partial charge in [0, 0.05) is 35.0 Å².